The first kappa shape index (κ1) is 8.27. The summed E-state index contributed by atoms with van der Waals surface area (Å²) in [7, 11) is -1.04. The van der Waals surface area contributed by atoms with Gasteiger partial charge in [0.15, 0.2) is 0 Å². The van der Waals surface area contributed by atoms with Crippen LogP contribution in [0.1, 0.15) is 0 Å². The summed E-state index contributed by atoms with van der Waals surface area (Å²) in [5, 5.41) is 0. The van der Waals surface area contributed by atoms with Crippen molar-refractivity contribution < 1.29 is 8.82 Å². The molecule has 0 amide bonds. The highest BCUT2D eigenvalue weighted by molar-refractivity contribution is 6.49. The van der Waals surface area contributed by atoms with E-state index in [1.54, 1.807) is 12.1 Å². The molecule has 0 N–H and O–H groups in total. The normalized spacial score (nSPS) is 10.2. The second kappa shape index (κ2) is 3.53. The summed E-state index contributed by atoms with van der Waals surface area (Å²) >= 11 is 0. The van der Waals surface area contributed by atoms with Gasteiger partial charge in [-0.25, -0.2) is 4.39 Å². The Kier molecular flexibility index (Phi) is 2.65. The standard InChI is InChI=1S/C8H11FOSi/c1-11(2)10-8-5-3-7(9)4-6-8/h3-6,11H,1-2H3. The molecular formula is C8H11FOSi. The number of halogens is 1. The highest BCUT2D eigenvalue weighted by Gasteiger charge is 1.97. The van der Waals surface area contributed by atoms with Crippen molar-refractivity contribution >= 4 is 9.04 Å². The zero-order valence-electron chi connectivity index (χ0n) is 6.67. The van der Waals surface area contributed by atoms with E-state index < -0.39 is 9.04 Å². The highest BCUT2D eigenvalue weighted by atomic mass is 28.3. The third kappa shape index (κ3) is 2.72. The predicted molar refractivity (Wildman–Crippen MR) is 45.9 cm³/mol. The maximum Gasteiger partial charge on any atom is 0.229 e. The smallest absolute Gasteiger partial charge is 0.229 e. The monoisotopic (exact) mass is 170 g/mol. The van der Waals surface area contributed by atoms with Gasteiger partial charge in [-0.3, -0.25) is 0 Å². The van der Waals surface area contributed by atoms with E-state index in [1.807, 2.05) is 0 Å². The van der Waals surface area contributed by atoms with Gasteiger partial charge < -0.3 is 4.43 Å². The number of rotatable bonds is 2. The van der Waals surface area contributed by atoms with Gasteiger partial charge in [0, 0.05) is 0 Å². The van der Waals surface area contributed by atoms with Crippen molar-refractivity contribution in [3.8, 4) is 5.75 Å². The fraction of sp³-hybridized carbons (Fsp3) is 0.250. The summed E-state index contributed by atoms with van der Waals surface area (Å²) in [6, 6.07) is 6.13. The molecule has 1 nitrogen and oxygen atoms in total. The summed E-state index contributed by atoms with van der Waals surface area (Å²) in [5.74, 6) is 0.552. The predicted octanol–water partition coefficient (Wildman–Crippen LogP) is 2.19. The van der Waals surface area contributed by atoms with Crippen LogP contribution in [0, 0.1) is 5.82 Å². The maximum absolute atomic E-state index is 12.4. The van der Waals surface area contributed by atoms with E-state index in [4.69, 9.17) is 4.43 Å². The van der Waals surface area contributed by atoms with Crippen molar-refractivity contribution in [3.05, 3.63) is 30.1 Å². The van der Waals surface area contributed by atoms with Crippen LogP contribution in [0.15, 0.2) is 24.3 Å². The lowest BCUT2D eigenvalue weighted by atomic mass is 10.3. The average Bonchev–Trinajstić information content (AvgIpc) is 1.93. The molecule has 0 saturated heterocycles. The third-order valence-corrected chi connectivity index (χ3v) is 1.93. The Morgan fingerprint density at radius 3 is 2.18 bits per heavy atom. The summed E-state index contributed by atoms with van der Waals surface area (Å²) in [4.78, 5) is 0. The van der Waals surface area contributed by atoms with Gasteiger partial charge in [-0.2, -0.15) is 0 Å². The minimum Gasteiger partial charge on any atom is -0.547 e. The minimum absolute atomic E-state index is 0.220. The van der Waals surface area contributed by atoms with E-state index in [1.165, 1.54) is 12.1 Å². The Morgan fingerprint density at radius 1 is 1.18 bits per heavy atom. The fourth-order valence-electron chi connectivity index (χ4n) is 0.785. The molecule has 0 fully saturated rings. The van der Waals surface area contributed by atoms with Gasteiger partial charge >= 0.3 is 0 Å². The Bertz CT molecular complexity index is 220. The summed E-state index contributed by atoms with van der Waals surface area (Å²) in [6.45, 7) is 4.15. The molecule has 11 heavy (non-hydrogen) atoms. The summed E-state index contributed by atoms with van der Waals surface area (Å²) in [5.41, 5.74) is 0. The van der Waals surface area contributed by atoms with Crippen molar-refractivity contribution in [1.29, 1.82) is 0 Å². The van der Waals surface area contributed by atoms with E-state index >= 15 is 0 Å². The molecule has 1 aromatic carbocycles. The van der Waals surface area contributed by atoms with Crippen LogP contribution < -0.4 is 4.43 Å². The van der Waals surface area contributed by atoms with Crippen molar-refractivity contribution in [2.24, 2.45) is 0 Å². The van der Waals surface area contributed by atoms with E-state index in [0.717, 1.165) is 5.75 Å². The number of hydrogen-bond acceptors (Lipinski definition) is 1. The van der Waals surface area contributed by atoms with Crippen molar-refractivity contribution in [2.75, 3.05) is 0 Å². The first-order valence-corrected chi connectivity index (χ1v) is 6.39. The third-order valence-electron chi connectivity index (χ3n) is 1.19. The molecule has 0 radical (unpaired) electrons. The van der Waals surface area contributed by atoms with Crippen LogP contribution in [-0.4, -0.2) is 9.04 Å². The van der Waals surface area contributed by atoms with Crippen LogP contribution in [-0.2, 0) is 0 Å². The van der Waals surface area contributed by atoms with Crippen LogP contribution in [0.3, 0.4) is 0 Å². The lowest BCUT2D eigenvalue weighted by Crippen LogP contribution is -2.10. The fourth-order valence-corrected chi connectivity index (χ4v) is 1.49. The van der Waals surface area contributed by atoms with E-state index in [2.05, 4.69) is 13.1 Å². The zero-order valence-corrected chi connectivity index (χ0v) is 7.83. The molecule has 0 atom stereocenters. The Hall–Kier alpha value is -0.833. The molecule has 0 saturated carbocycles. The van der Waals surface area contributed by atoms with Crippen LogP contribution in [0.5, 0.6) is 5.75 Å². The number of benzene rings is 1. The first-order valence-electron chi connectivity index (χ1n) is 3.60. The van der Waals surface area contributed by atoms with E-state index in [0.29, 0.717) is 0 Å². The van der Waals surface area contributed by atoms with E-state index in [-0.39, 0.29) is 5.82 Å². The molecule has 0 unspecified atom stereocenters. The molecule has 1 aromatic rings. The molecule has 3 heteroatoms. The SMILES string of the molecule is C[SiH](C)Oc1ccc(F)cc1. The topological polar surface area (TPSA) is 9.23 Å². The second-order valence-electron chi connectivity index (χ2n) is 2.62. The van der Waals surface area contributed by atoms with Gasteiger partial charge in [0.25, 0.3) is 0 Å². The molecule has 1 rings (SSSR count). The molecule has 0 heterocycles. The molecule has 0 aliphatic carbocycles. The Labute approximate surface area is 67.5 Å². The van der Waals surface area contributed by atoms with Crippen LogP contribution in [0.2, 0.25) is 13.1 Å². The Balaban J connectivity index is 2.66. The second-order valence-corrected chi connectivity index (χ2v) is 4.95. The molecule has 0 spiro atoms. The lowest BCUT2D eigenvalue weighted by molar-refractivity contribution is 0.573. The average molecular weight is 170 g/mol. The lowest BCUT2D eigenvalue weighted by Gasteiger charge is -2.07. The van der Waals surface area contributed by atoms with Crippen molar-refractivity contribution in [3.63, 3.8) is 0 Å². The number of hydrogen-bond donors (Lipinski definition) is 0. The van der Waals surface area contributed by atoms with Crippen LogP contribution in [0.4, 0.5) is 4.39 Å². The zero-order chi connectivity index (χ0) is 8.27. The molecular weight excluding hydrogens is 159 g/mol. The van der Waals surface area contributed by atoms with Crippen molar-refractivity contribution in [1.82, 2.24) is 0 Å². The first-order chi connectivity index (χ1) is 5.18. The van der Waals surface area contributed by atoms with Crippen molar-refractivity contribution in [2.45, 2.75) is 13.1 Å². The molecule has 0 aliphatic rings. The molecule has 60 valence electrons. The van der Waals surface area contributed by atoms with Gasteiger partial charge in [-0.15, -0.1) is 0 Å². The van der Waals surface area contributed by atoms with Gasteiger partial charge in [0.2, 0.25) is 9.04 Å². The maximum atomic E-state index is 12.4. The van der Waals surface area contributed by atoms with Gasteiger partial charge in [-0.1, -0.05) is 0 Å². The Morgan fingerprint density at radius 2 is 1.73 bits per heavy atom. The van der Waals surface area contributed by atoms with Gasteiger partial charge in [0.05, 0.1) is 0 Å². The van der Waals surface area contributed by atoms with Crippen LogP contribution >= 0.6 is 0 Å². The summed E-state index contributed by atoms with van der Waals surface area (Å²) in [6.07, 6.45) is 0. The van der Waals surface area contributed by atoms with E-state index in [9.17, 15) is 4.39 Å². The molecule has 0 bridgehead atoms. The van der Waals surface area contributed by atoms with Gasteiger partial charge in [-0.05, 0) is 37.4 Å². The summed E-state index contributed by atoms with van der Waals surface area (Å²) < 4.78 is 17.8. The molecule has 0 aliphatic heterocycles. The largest absolute Gasteiger partial charge is 0.547 e. The quantitative estimate of drug-likeness (QED) is 0.618. The van der Waals surface area contributed by atoms with Crippen LogP contribution in [0.25, 0.3) is 0 Å². The minimum atomic E-state index is -1.04. The molecule has 0 aromatic heterocycles. The highest BCUT2D eigenvalue weighted by Crippen LogP contribution is 2.11. The van der Waals surface area contributed by atoms with Gasteiger partial charge in [0.1, 0.15) is 11.6 Å².